The molecule has 3 nitrogen and oxygen atoms in total. The molecule has 0 radical (unpaired) electrons. The fraction of sp³-hybridized carbons (Fsp3) is 0.500. The second kappa shape index (κ2) is 5.13. The number of piperidine rings is 1. The molecule has 0 aliphatic carbocycles. The van der Waals surface area contributed by atoms with Gasteiger partial charge in [0.15, 0.2) is 0 Å². The average molecular weight is 341 g/mol. The highest BCUT2D eigenvalue weighted by Crippen LogP contribution is 2.39. The highest BCUT2D eigenvalue weighted by Gasteiger charge is 2.39. The van der Waals surface area contributed by atoms with Crippen LogP contribution in [0.15, 0.2) is 22.7 Å². The predicted molar refractivity (Wildman–Crippen MR) is 83.0 cm³/mol. The summed E-state index contributed by atoms with van der Waals surface area (Å²) in [7, 11) is 1.80. The Morgan fingerprint density at radius 2 is 2.37 bits per heavy atom. The summed E-state index contributed by atoms with van der Waals surface area (Å²) in [5, 5.41) is 4.61. The first-order valence-electron chi connectivity index (χ1n) is 6.44. The molecular formula is C14H17BrN2OS. The lowest BCUT2D eigenvalue weighted by molar-refractivity contribution is -0.0303. The standard InChI is InChI=1S/C14H17BrN2OS/c1-14(18-2)8-16-6-5-10(14)13-17-11-7-9(15)3-4-12(11)19-13/h3-4,7,10,16H,5-6,8H2,1-2H3/t10-,14-/m0/s1. The van der Waals surface area contributed by atoms with E-state index >= 15 is 0 Å². The zero-order valence-electron chi connectivity index (χ0n) is 11.1. The number of ether oxygens (including phenoxy) is 1. The van der Waals surface area contributed by atoms with Gasteiger partial charge in [-0.25, -0.2) is 4.98 Å². The third kappa shape index (κ3) is 2.44. The first kappa shape index (κ1) is 13.5. The van der Waals surface area contributed by atoms with Crippen LogP contribution in [-0.4, -0.2) is 30.8 Å². The van der Waals surface area contributed by atoms with E-state index in [9.17, 15) is 0 Å². The summed E-state index contributed by atoms with van der Waals surface area (Å²) in [5.41, 5.74) is 0.912. The van der Waals surface area contributed by atoms with Crippen LogP contribution in [0.1, 0.15) is 24.3 Å². The fourth-order valence-corrected chi connectivity index (χ4v) is 4.25. The van der Waals surface area contributed by atoms with E-state index in [0.29, 0.717) is 5.92 Å². The maximum absolute atomic E-state index is 5.76. The van der Waals surface area contributed by atoms with Gasteiger partial charge in [0, 0.05) is 24.0 Å². The Labute approximate surface area is 125 Å². The average Bonchev–Trinajstić information content (AvgIpc) is 2.81. The predicted octanol–water partition coefficient (Wildman–Crippen LogP) is 3.54. The topological polar surface area (TPSA) is 34.1 Å². The number of thiazole rings is 1. The van der Waals surface area contributed by atoms with Crippen molar-refractivity contribution in [3.05, 3.63) is 27.7 Å². The number of nitrogens with zero attached hydrogens (tertiary/aromatic N) is 1. The lowest BCUT2D eigenvalue weighted by Crippen LogP contribution is -2.50. The molecule has 2 atom stereocenters. The number of halogens is 1. The molecule has 0 bridgehead atoms. The van der Waals surface area contributed by atoms with Gasteiger partial charge >= 0.3 is 0 Å². The van der Waals surface area contributed by atoms with Gasteiger partial charge in [-0.05, 0) is 38.1 Å². The third-order valence-electron chi connectivity index (χ3n) is 3.95. The van der Waals surface area contributed by atoms with Crippen molar-refractivity contribution in [2.24, 2.45) is 0 Å². The highest BCUT2D eigenvalue weighted by atomic mass is 79.9. The van der Waals surface area contributed by atoms with Crippen molar-refractivity contribution in [2.75, 3.05) is 20.2 Å². The second-order valence-corrected chi connectivity index (χ2v) is 7.18. The first-order chi connectivity index (χ1) is 9.12. The van der Waals surface area contributed by atoms with Gasteiger partial charge < -0.3 is 10.1 Å². The number of methoxy groups -OCH3 is 1. The molecule has 5 heteroatoms. The largest absolute Gasteiger partial charge is 0.376 e. The molecule has 1 aliphatic rings. The summed E-state index contributed by atoms with van der Waals surface area (Å²) >= 11 is 5.29. The van der Waals surface area contributed by atoms with Crippen LogP contribution in [0.3, 0.4) is 0 Å². The molecule has 1 aromatic carbocycles. The van der Waals surface area contributed by atoms with Crippen molar-refractivity contribution in [3.8, 4) is 0 Å². The van der Waals surface area contributed by atoms with Gasteiger partial charge in [-0.2, -0.15) is 0 Å². The van der Waals surface area contributed by atoms with E-state index < -0.39 is 0 Å². The van der Waals surface area contributed by atoms with Crippen molar-refractivity contribution in [1.29, 1.82) is 0 Å². The van der Waals surface area contributed by atoms with E-state index in [4.69, 9.17) is 9.72 Å². The summed E-state index contributed by atoms with van der Waals surface area (Å²) in [6.45, 7) is 4.09. The molecule has 1 saturated heterocycles. The van der Waals surface area contributed by atoms with Gasteiger partial charge in [0.1, 0.15) is 0 Å². The molecule has 2 aromatic rings. The molecule has 3 rings (SSSR count). The van der Waals surface area contributed by atoms with Crippen molar-refractivity contribution in [2.45, 2.75) is 24.9 Å². The molecule has 1 aromatic heterocycles. The van der Waals surface area contributed by atoms with Gasteiger partial charge in [-0.3, -0.25) is 0 Å². The first-order valence-corrected chi connectivity index (χ1v) is 8.05. The fourth-order valence-electron chi connectivity index (χ4n) is 2.68. The molecule has 102 valence electrons. The lowest BCUT2D eigenvalue weighted by atomic mass is 9.84. The summed E-state index contributed by atoms with van der Waals surface area (Å²) in [6.07, 6.45) is 1.07. The maximum Gasteiger partial charge on any atom is 0.0999 e. The van der Waals surface area contributed by atoms with Gasteiger partial charge in [0.25, 0.3) is 0 Å². The molecule has 2 heterocycles. The van der Waals surface area contributed by atoms with E-state index in [1.165, 1.54) is 9.71 Å². The van der Waals surface area contributed by atoms with Crippen LogP contribution in [0.5, 0.6) is 0 Å². The van der Waals surface area contributed by atoms with E-state index in [2.05, 4.69) is 46.4 Å². The van der Waals surface area contributed by atoms with E-state index in [1.807, 2.05) is 0 Å². The quantitative estimate of drug-likeness (QED) is 0.907. The van der Waals surface area contributed by atoms with E-state index in [0.717, 1.165) is 29.5 Å². The second-order valence-electron chi connectivity index (χ2n) is 5.20. The summed E-state index contributed by atoms with van der Waals surface area (Å²) in [4.78, 5) is 4.82. The van der Waals surface area contributed by atoms with Crippen molar-refractivity contribution < 1.29 is 4.74 Å². The number of benzene rings is 1. The molecule has 1 fully saturated rings. The van der Waals surface area contributed by atoms with Crippen LogP contribution in [0.25, 0.3) is 10.2 Å². The monoisotopic (exact) mass is 340 g/mol. The van der Waals surface area contributed by atoms with Gasteiger partial charge in [-0.1, -0.05) is 15.9 Å². The smallest absolute Gasteiger partial charge is 0.0999 e. The Hall–Kier alpha value is -0.490. The third-order valence-corrected chi connectivity index (χ3v) is 5.60. The Morgan fingerprint density at radius 1 is 1.53 bits per heavy atom. The number of aromatic nitrogens is 1. The van der Waals surface area contributed by atoms with Crippen molar-refractivity contribution >= 4 is 37.5 Å². The number of rotatable bonds is 2. The summed E-state index contributed by atoms with van der Waals surface area (Å²) < 4.78 is 8.09. The Bertz CT molecular complexity index is 600. The van der Waals surface area contributed by atoms with E-state index in [1.54, 1.807) is 18.4 Å². The summed E-state index contributed by atoms with van der Waals surface area (Å²) in [6, 6.07) is 6.29. The van der Waals surface area contributed by atoms with Crippen LogP contribution in [0.2, 0.25) is 0 Å². The minimum atomic E-state index is -0.163. The molecule has 0 amide bonds. The van der Waals surface area contributed by atoms with Gasteiger partial charge in [0.05, 0.1) is 20.8 Å². The maximum atomic E-state index is 5.76. The molecule has 0 spiro atoms. The normalized spacial score (nSPS) is 27.8. The minimum Gasteiger partial charge on any atom is -0.376 e. The number of hydrogen-bond acceptors (Lipinski definition) is 4. The minimum absolute atomic E-state index is 0.163. The van der Waals surface area contributed by atoms with Gasteiger partial charge in [0.2, 0.25) is 0 Å². The van der Waals surface area contributed by atoms with Crippen molar-refractivity contribution in [1.82, 2.24) is 10.3 Å². The van der Waals surface area contributed by atoms with Crippen LogP contribution in [0.4, 0.5) is 0 Å². The van der Waals surface area contributed by atoms with Gasteiger partial charge in [-0.15, -0.1) is 11.3 Å². The molecule has 0 saturated carbocycles. The van der Waals surface area contributed by atoms with Crippen LogP contribution >= 0.6 is 27.3 Å². The molecule has 1 aliphatic heterocycles. The SMILES string of the molecule is CO[C@@]1(C)CNCC[C@H]1c1nc2cc(Br)ccc2s1. The van der Waals surface area contributed by atoms with Crippen LogP contribution < -0.4 is 5.32 Å². The number of hydrogen-bond donors (Lipinski definition) is 1. The zero-order chi connectivity index (χ0) is 13.5. The molecular weight excluding hydrogens is 324 g/mol. The zero-order valence-corrected chi connectivity index (χ0v) is 13.5. The van der Waals surface area contributed by atoms with E-state index in [-0.39, 0.29) is 5.60 Å². The Balaban J connectivity index is 2.02. The Morgan fingerprint density at radius 3 is 3.16 bits per heavy atom. The highest BCUT2D eigenvalue weighted by molar-refractivity contribution is 9.10. The molecule has 1 N–H and O–H groups in total. The summed E-state index contributed by atoms with van der Waals surface area (Å²) in [5.74, 6) is 0.370. The van der Waals surface area contributed by atoms with Crippen LogP contribution in [-0.2, 0) is 4.74 Å². The Kier molecular flexibility index (Phi) is 3.64. The molecule has 0 unspecified atom stereocenters. The molecule has 19 heavy (non-hydrogen) atoms. The van der Waals surface area contributed by atoms with Crippen LogP contribution in [0, 0.1) is 0 Å². The number of fused-ring (bicyclic) bond motifs is 1. The number of nitrogens with one attached hydrogen (secondary N) is 1. The van der Waals surface area contributed by atoms with Crippen molar-refractivity contribution in [3.63, 3.8) is 0 Å². The lowest BCUT2D eigenvalue weighted by Gasteiger charge is -2.39.